The lowest BCUT2D eigenvalue weighted by molar-refractivity contribution is -0.152. The van der Waals surface area contributed by atoms with Crippen molar-refractivity contribution in [2.24, 2.45) is 22.7 Å². The zero-order valence-electron chi connectivity index (χ0n) is 20.5. The number of carbonyl (C=O) groups excluding carboxylic acids is 1. The predicted molar refractivity (Wildman–Crippen MR) is 125 cm³/mol. The van der Waals surface area contributed by atoms with Crippen molar-refractivity contribution in [3.8, 4) is 0 Å². The van der Waals surface area contributed by atoms with Crippen LogP contribution in [0.3, 0.4) is 0 Å². The summed E-state index contributed by atoms with van der Waals surface area (Å²) in [5.74, 6) is -0.911. The van der Waals surface area contributed by atoms with Gasteiger partial charge in [-0.15, -0.1) is 0 Å². The molecule has 33 heavy (non-hydrogen) atoms. The molecule has 184 valence electrons. The Labute approximate surface area is 196 Å². The highest BCUT2D eigenvalue weighted by atomic mass is 16.3. The summed E-state index contributed by atoms with van der Waals surface area (Å²) in [5.41, 5.74) is -1.57. The lowest BCUT2D eigenvalue weighted by Crippen LogP contribution is -2.59. The van der Waals surface area contributed by atoms with Crippen molar-refractivity contribution in [1.29, 1.82) is 0 Å². The monoisotopic (exact) mass is 460 g/mol. The van der Waals surface area contributed by atoms with E-state index in [9.17, 15) is 30.3 Å². The molecule has 0 bridgehead atoms. The Hall–Kier alpha value is -1.31. The fourth-order valence-electron chi connectivity index (χ4n) is 7.48. The van der Waals surface area contributed by atoms with E-state index in [2.05, 4.69) is 6.08 Å². The van der Waals surface area contributed by atoms with Crippen molar-refractivity contribution in [3.63, 3.8) is 0 Å². The standard InChI is InChI=1S/C27H40O6/c1-15(2)6-7-23(31)26(5,32)22-9-11-27(33)17-12-19(28)18-13-20(29)21(30)14-24(18,3)16(17)8-10-25(22,27)4/h6,8,12,18,20-23,29-33H,7,9-11,13-14H2,1-5H3/t18-,20+,21-,22-,23+,24+,25+,26+,27+/m0/s1. The molecule has 4 aliphatic rings. The van der Waals surface area contributed by atoms with E-state index in [0.717, 1.165) is 11.1 Å². The molecule has 4 aliphatic carbocycles. The molecule has 6 heteroatoms. The molecular weight excluding hydrogens is 420 g/mol. The van der Waals surface area contributed by atoms with E-state index in [1.807, 2.05) is 33.8 Å². The van der Waals surface area contributed by atoms with Gasteiger partial charge in [-0.05, 0) is 82.4 Å². The highest BCUT2D eigenvalue weighted by molar-refractivity contribution is 5.97. The average Bonchev–Trinajstić information content (AvgIpc) is 3.00. The Kier molecular flexibility index (Phi) is 5.90. The molecule has 0 radical (unpaired) electrons. The van der Waals surface area contributed by atoms with Gasteiger partial charge < -0.3 is 25.5 Å². The van der Waals surface area contributed by atoms with Gasteiger partial charge in [-0.3, -0.25) is 4.79 Å². The van der Waals surface area contributed by atoms with Crippen LogP contribution in [-0.2, 0) is 4.79 Å². The Morgan fingerprint density at radius 3 is 2.55 bits per heavy atom. The van der Waals surface area contributed by atoms with Gasteiger partial charge in [0.1, 0.15) is 0 Å². The van der Waals surface area contributed by atoms with Gasteiger partial charge in [0.25, 0.3) is 0 Å². The number of allylic oxidation sites excluding steroid dienone is 3. The first-order chi connectivity index (χ1) is 15.2. The van der Waals surface area contributed by atoms with Gasteiger partial charge in [0, 0.05) is 16.7 Å². The van der Waals surface area contributed by atoms with E-state index in [0.29, 0.717) is 31.3 Å². The maximum absolute atomic E-state index is 13.2. The molecular formula is C27H40O6. The van der Waals surface area contributed by atoms with Crippen molar-refractivity contribution < 1.29 is 30.3 Å². The molecule has 0 aromatic rings. The molecule has 0 aromatic heterocycles. The third-order valence-electron chi connectivity index (χ3n) is 9.67. The normalized spacial score (nSPS) is 45.1. The zero-order chi connectivity index (χ0) is 24.6. The Bertz CT molecular complexity index is 927. The third-order valence-corrected chi connectivity index (χ3v) is 9.67. The summed E-state index contributed by atoms with van der Waals surface area (Å²) in [4.78, 5) is 13.2. The smallest absolute Gasteiger partial charge is 0.160 e. The highest BCUT2D eigenvalue weighted by Crippen LogP contribution is 2.66. The van der Waals surface area contributed by atoms with Gasteiger partial charge in [-0.2, -0.15) is 0 Å². The summed E-state index contributed by atoms with van der Waals surface area (Å²) in [6.07, 6.45) is 4.96. The number of aliphatic hydroxyl groups is 5. The molecule has 0 unspecified atom stereocenters. The molecule has 0 spiro atoms. The van der Waals surface area contributed by atoms with Crippen molar-refractivity contribution >= 4 is 5.78 Å². The first-order valence-electron chi connectivity index (χ1n) is 12.3. The van der Waals surface area contributed by atoms with Crippen molar-refractivity contribution in [1.82, 2.24) is 0 Å². The summed E-state index contributed by atoms with van der Waals surface area (Å²) in [6.45, 7) is 9.48. The van der Waals surface area contributed by atoms with Gasteiger partial charge in [0.05, 0.1) is 29.5 Å². The molecule has 0 aromatic carbocycles. The van der Waals surface area contributed by atoms with Crippen LogP contribution in [0.2, 0.25) is 0 Å². The van der Waals surface area contributed by atoms with Gasteiger partial charge in [-0.1, -0.05) is 31.6 Å². The van der Waals surface area contributed by atoms with Crippen LogP contribution in [0.1, 0.15) is 73.1 Å². The lowest BCUT2D eigenvalue weighted by Gasteiger charge is -2.57. The van der Waals surface area contributed by atoms with Crippen LogP contribution in [-0.4, -0.2) is 60.8 Å². The molecule has 2 saturated carbocycles. The minimum atomic E-state index is -1.41. The number of hydrogen-bond donors (Lipinski definition) is 5. The maximum Gasteiger partial charge on any atom is 0.160 e. The average molecular weight is 461 g/mol. The summed E-state index contributed by atoms with van der Waals surface area (Å²) in [5, 5.41) is 55.2. The van der Waals surface area contributed by atoms with E-state index in [-0.39, 0.29) is 24.5 Å². The minimum Gasteiger partial charge on any atom is -0.390 e. The van der Waals surface area contributed by atoms with Crippen LogP contribution in [0.15, 0.2) is 34.9 Å². The largest absolute Gasteiger partial charge is 0.390 e. The molecule has 6 nitrogen and oxygen atoms in total. The van der Waals surface area contributed by atoms with Crippen LogP contribution >= 0.6 is 0 Å². The fourth-order valence-corrected chi connectivity index (χ4v) is 7.48. The summed E-state index contributed by atoms with van der Waals surface area (Å²) < 4.78 is 0. The molecule has 0 amide bonds. The third kappa shape index (κ3) is 3.44. The van der Waals surface area contributed by atoms with Crippen LogP contribution in [0, 0.1) is 22.7 Å². The van der Waals surface area contributed by atoms with Crippen molar-refractivity contribution in [2.45, 2.75) is 103 Å². The molecule has 0 heterocycles. The van der Waals surface area contributed by atoms with Crippen molar-refractivity contribution in [3.05, 3.63) is 34.9 Å². The topological polar surface area (TPSA) is 118 Å². The van der Waals surface area contributed by atoms with Crippen LogP contribution < -0.4 is 0 Å². The Morgan fingerprint density at radius 1 is 1.24 bits per heavy atom. The first-order valence-corrected chi connectivity index (χ1v) is 12.3. The number of hydrogen-bond acceptors (Lipinski definition) is 6. The zero-order valence-corrected chi connectivity index (χ0v) is 20.5. The first kappa shape index (κ1) is 24.8. The highest BCUT2D eigenvalue weighted by Gasteiger charge is 2.67. The second kappa shape index (κ2) is 7.85. The number of fused-ring (bicyclic) bond motifs is 5. The van der Waals surface area contributed by atoms with Crippen LogP contribution in [0.4, 0.5) is 0 Å². The van der Waals surface area contributed by atoms with Crippen LogP contribution in [0.5, 0.6) is 0 Å². The van der Waals surface area contributed by atoms with E-state index in [1.54, 1.807) is 13.0 Å². The number of carbonyl (C=O) groups is 1. The number of ketones is 1. The molecule has 4 rings (SSSR count). The molecule has 0 aliphatic heterocycles. The summed E-state index contributed by atoms with van der Waals surface area (Å²) >= 11 is 0. The Balaban J connectivity index is 1.74. The molecule has 2 fully saturated rings. The Morgan fingerprint density at radius 2 is 1.91 bits per heavy atom. The maximum atomic E-state index is 13.2. The summed E-state index contributed by atoms with van der Waals surface area (Å²) in [7, 11) is 0. The van der Waals surface area contributed by atoms with Gasteiger partial charge in [0.2, 0.25) is 0 Å². The van der Waals surface area contributed by atoms with Crippen LogP contribution in [0.25, 0.3) is 0 Å². The van der Waals surface area contributed by atoms with E-state index < -0.39 is 46.3 Å². The van der Waals surface area contributed by atoms with E-state index in [4.69, 9.17) is 0 Å². The fraction of sp³-hybridized carbons (Fsp3) is 0.741. The summed E-state index contributed by atoms with van der Waals surface area (Å²) in [6, 6.07) is 0. The molecule has 0 saturated heterocycles. The van der Waals surface area contributed by atoms with Gasteiger partial charge in [0.15, 0.2) is 5.78 Å². The quantitative estimate of drug-likeness (QED) is 0.412. The lowest BCUT2D eigenvalue weighted by atomic mass is 9.49. The molecule has 9 atom stereocenters. The van der Waals surface area contributed by atoms with Crippen molar-refractivity contribution in [2.75, 3.05) is 0 Å². The minimum absolute atomic E-state index is 0.118. The van der Waals surface area contributed by atoms with Gasteiger partial charge >= 0.3 is 0 Å². The molecule has 5 N–H and O–H groups in total. The second-order valence-electron chi connectivity index (χ2n) is 12.0. The SMILES string of the molecule is CC(C)=CC[C@@H](O)[C@](C)(O)[C@H]1CC[C@@]2(O)C3=CC(=O)[C@@H]4C[C@@H](O)[C@@H](O)C[C@]4(C)C3=CC[C@]12C. The number of rotatable bonds is 4. The second-order valence-corrected chi connectivity index (χ2v) is 12.0. The van der Waals surface area contributed by atoms with E-state index >= 15 is 0 Å². The number of aliphatic hydroxyl groups excluding tert-OH is 3. The van der Waals surface area contributed by atoms with E-state index in [1.165, 1.54) is 0 Å². The van der Waals surface area contributed by atoms with Gasteiger partial charge in [-0.25, -0.2) is 0 Å². The predicted octanol–water partition coefficient (Wildman–Crippen LogP) is 2.58.